The normalized spacial score (nSPS) is 10.6. The third-order valence-electron chi connectivity index (χ3n) is 3.06. The van der Waals surface area contributed by atoms with Crippen molar-refractivity contribution in [2.24, 2.45) is 0 Å². The van der Waals surface area contributed by atoms with Crippen molar-refractivity contribution >= 4 is 39.6 Å². The number of benzene rings is 1. The minimum Gasteiger partial charge on any atom is -0.359 e. The molecule has 0 amide bonds. The zero-order chi connectivity index (χ0) is 15.5. The minimum atomic E-state index is 0.482. The molecule has 112 valence electrons. The number of nitrogens with zero attached hydrogens (tertiary/aromatic N) is 3. The Labute approximate surface area is 137 Å². The lowest BCUT2D eigenvalue weighted by molar-refractivity contribution is 0.985. The van der Waals surface area contributed by atoms with Crippen LogP contribution in [0.2, 0.25) is 0 Å². The van der Waals surface area contributed by atoms with Crippen LogP contribution in [0.5, 0.6) is 0 Å². The number of nitrogens with one attached hydrogen (secondary N) is 2. The summed E-state index contributed by atoms with van der Waals surface area (Å²) in [5.74, 6) is 0.488. The first-order valence-electron chi connectivity index (χ1n) is 6.74. The maximum Gasteiger partial charge on any atom is 0.250 e. The first-order valence-corrected chi connectivity index (χ1v) is 8.03. The SMILES string of the molecule is C=CCNC(=S)Nc1nc2scc(-c3ccc(C)cc3)n2n1. The van der Waals surface area contributed by atoms with E-state index in [1.807, 2.05) is 4.52 Å². The molecule has 0 saturated heterocycles. The average molecular weight is 329 g/mol. The van der Waals surface area contributed by atoms with Crippen molar-refractivity contribution in [1.82, 2.24) is 19.9 Å². The molecule has 0 spiro atoms. The van der Waals surface area contributed by atoms with Crippen molar-refractivity contribution in [2.75, 3.05) is 11.9 Å². The number of rotatable bonds is 4. The highest BCUT2D eigenvalue weighted by atomic mass is 32.1. The first kappa shape index (κ1) is 14.7. The molecule has 0 aliphatic carbocycles. The molecule has 3 rings (SSSR count). The molecule has 5 nitrogen and oxygen atoms in total. The van der Waals surface area contributed by atoms with E-state index < -0.39 is 0 Å². The summed E-state index contributed by atoms with van der Waals surface area (Å²) >= 11 is 6.71. The van der Waals surface area contributed by atoms with Crippen molar-refractivity contribution < 1.29 is 0 Å². The van der Waals surface area contributed by atoms with Gasteiger partial charge in [0.25, 0.3) is 0 Å². The highest BCUT2D eigenvalue weighted by Gasteiger charge is 2.12. The van der Waals surface area contributed by atoms with Crippen molar-refractivity contribution in [1.29, 1.82) is 0 Å². The van der Waals surface area contributed by atoms with E-state index in [0.717, 1.165) is 16.2 Å². The van der Waals surface area contributed by atoms with Crippen LogP contribution in [-0.4, -0.2) is 26.3 Å². The van der Waals surface area contributed by atoms with Crippen molar-refractivity contribution in [2.45, 2.75) is 6.92 Å². The van der Waals surface area contributed by atoms with Gasteiger partial charge in [-0.05, 0) is 19.1 Å². The Morgan fingerprint density at radius 1 is 1.41 bits per heavy atom. The van der Waals surface area contributed by atoms with Gasteiger partial charge in [0.05, 0.1) is 5.69 Å². The molecule has 2 N–H and O–H groups in total. The third kappa shape index (κ3) is 3.00. The van der Waals surface area contributed by atoms with Crippen LogP contribution in [0.4, 0.5) is 5.95 Å². The van der Waals surface area contributed by atoms with Crippen LogP contribution >= 0.6 is 23.6 Å². The van der Waals surface area contributed by atoms with E-state index >= 15 is 0 Å². The zero-order valence-electron chi connectivity index (χ0n) is 12.0. The van der Waals surface area contributed by atoms with Crippen molar-refractivity contribution in [3.8, 4) is 11.3 Å². The topological polar surface area (TPSA) is 54.2 Å². The number of thiocarbonyl (C=S) groups is 1. The van der Waals surface area contributed by atoms with Crippen molar-refractivity contribution in [3.05, 3.63) is 47.9 Å². The van der Waals surface area contributed by atoms with E-state index in [1.54, 1.807) is 17.4 Å². The molecule has 0 saturated carbocycles. The minimum absolute atomic E-state index is 0.482. The van der Waals surface area contributed by atoms with Gasteiger partial charge < -0.3 is 5.32 Å². The Balaban J connectivity index is 1.86. The maximum absolute atomic E-state index is 5.16. The molecule has 0 unspecified atom stereocenters. The number of anilines is 1. The lowest BCUT2D eigenvalue weighted by Gasteiger charge is -2.04. The molecule has 0 radical (unpaired) electrons. The van der Waals surface area contributed by atoms with Gasteiger partial charge in [0.1, 0.15) is 0 Å². The molecule has 0 aliphatic rings. The smallest absolute Gasteiger partial charge is 0.250 e. The van der Waals surface area contributed by atoms with Crippen LogP contribution in [0.3, 0.4) is 0 Å². The predicted octanol–water partition coefficient (Wildman–Crippen LogP) is 3.24. The summed E-state index contributed by atoms with van der Waals surface area (Å²) < 4.78 is 1.83. The van der Waals surface area contributed by atoms with E-state index in [4.69, 9.17) is 12.2 Å². The quantitative estimate of drug-likeness (QED) is 0.568. The van der Waals surface area contributed by atoms with E-state index in [-0.39, 0.29) is 0 Å². The maximum atomic E-state index is 5.16. The molecule has 0 bridgehead atoms. The van der Waals surface area contributed by atoms with Gasteiger partial charge in [-0.1, -0.05) is 35.9 Å². The van der Waals surface area contributed by atoms with Crippen LogP contribution < -0.4 is 10.6 Å². The summed E-state index contributed by atoms with van der Waals surface area (Å²) in [5.41, 5.74) is 3.36. The van der Waals surface area contributed by atoms with E-state index in [0.29, 0.717) is 17.6 Å². The molecule has 0 atom stereocenters. The monoisotopic (exact) mass is 329 g/mol. The molecule has 0 aliphatic heterocycles. The highest BCUT2D eigenvalue weighted by molar-refractivity contribution is 7.80. The Morgan fingerprint density at radius 3 is 2.91 bits per heavy atom. The van der Waals surface area contributed by atoms with Gasteiger partial charge in [-0.2, -0.15) is 4.98 Å². The molecule has 2 heterocycles. The summed E-state index contributed by atoms with van der Waals surface area (Å²) in [7, 11) is 0. The van der Waals surface area contributed by atoms with Crippen molar-refractivity contribution in [3.63, 3.8) is 0 Å². The molecule has 7 heteroatoms. The second kappa shape index (κ2) is 6.25. The van der Waals surface area contributed by atoms with E-state index in [1.165, 1.54) is 5.56 Å². The number of fused-ring (bicyclic) bond motifs is 1. The molecular formula is C15H15N5S2. The second-order valence-corrected chi connectivity index (χ2v) is 5.99. The zero-order valence-corrected chi connectivity index (χ0v) is 13.7. The Kier molecular flexibility index (Phi) is 4.17. The molecule has 3 aromatic rings. The number of hydrogen-bond donors (Lipinski definition) is 2. The number of thiazole rings is 1. The van der Waals surface area contributed by atoms with Gasteiger partial charge in [0, 0.05) is 17.5 Å². The summed E-state index contributed by atoms with van der Waals surface area (Å²) in [4.78, 5) is 5.25. The Hall–Kier alpha value is -2.25. The van der Waals surface area contributed by atoms with Crippen LogP contribution in [0.1, 0.15) is 5.56 Å². The molecule has 1 aromatic carbocycles. The standard InChI is InChI=1S/C15H15N5S2/c1-3-8-16-14(21)17-13-18-15-20(19-13)12(9-22-15)11-6-4-10(2)5-7-11/h3-7,9H,1,8H2,2H3,(H2,16,17,19,21). The Morgan fingerprint density at radius 2 is 2.18 bits per heavy atom. The van der Waals surface area contributed by atoms with Crippen LogP contribution in [0.25, 0.3) is 16.2 Å². The molecule has 22 heavy (non-hydrogen) atoms. The van der Waals surface area contributed by atoms with E-state index in [2.05, 4.69) is 63.9 Å². The lowest BCUT2D eigenvalue weighted by atomic mass is 10.1. The summed E-state index contributed by atoms with van der Waals surface area (Å²) in [6.45, 7) is 6.30. The lowest BCUT2D eigenvalue weighted by Crippen LogP contribution is -2.28. The van der Waals surface area contributed by atoms with E-state index in [9.17, 15) is 0 Å². The Bertz CT molecular complexity index is 816. The predicted molar refractivity (Wildman–Crippen MR) is 95.5 cm³/mol. The van der Waals surface area contributed by atoms with Crippen LogP contribution in [-0.2, 0) is 0 Å². The number of aryl methyl sites for hydroxylation is 1. The second-order valence-electron chi connectivity index (χ2n) is 4.74. The fraction of sp³-hybridized carbons (Fsp3) is 0.133. The highest BCUT2D eigenvalue weighted by Crippen LogP contribution is 2.26. The summed E-state index contributed by atoms with van der Waals surface area (Å²) in [5, 5.41) is 13.0. The van der Waals surface area contributed by atoms with Crippen LogP contribution in [0, 0.1) is 6.92 Å². The molecule has 0 fully saturated rings. The van der Waals surface area contributed by atoms with Gasteiger partial charge in [0.15, 0.2) is 5.11 Å². The average Bonchev–Trinajstić information content (AvgIpc) is 3.06. The molecular weight excluding hydrogens is 314 g/mol. The fourth-order valence-corrected chi connectivity index (χ4v) is 2.97. The van der Waals surface area contributed by atoms with Gasteiger partial charge in [0.2, 0.25) is 10.9 Å². The number of aromatic nitrogens is 3. The largest absolute Gasteiger partial charge is 0.359 e. The van der Waals surface area contributed by atoms with Gasteiger partial charge in [-0.25, -0.2) is 4.52 Å². The van der Waals surface area contributed by atoms with Crippen LogP contribution in [0.15, 0.2) is 42.3 Å². The van der Waals surface area contributed by atoms with Gasteiger partial charge in [-0.15, -0.1) is 23.0 Å². The first-order chi connectivity index (χ1) is 10.7. The van der Waals surface area contributed by atoms with Gasteiger partial charge >= 0.3 is 0 Å². The van der Waals surface area contributed by atoms with Gasteiger partial charge in [-0.3, -0.25) is 5.32 Å². The summed E-state index contributed by atoms with van der Waals surface area (Å²) in [6.07, 6.45) is 1.74. The summed E-state index contributed by atoms with van der Waals surface area (Å²) in [6, 6.07) is 8.34. The fourth-order valence-electron chi connectivity index (χ4n) is 1.97. The third-order valence-corrected chi connectivity index (χ3v) is 4.12. The number of hydrogen-bond acceptors (Lipinski definition) is 4. The molecule has 2 aromatic heterocycles.